The molecule has 1 amide bonds. The summed E-state index contributed by atoms with van der Waals surface area (Å²) in [4.78, 5) is 15.3. The fourth-order valence-electron chi connectivity index (χ4n) is 4.05. The van der Waals surface area contributed by atoms with Crippen LogP contribution in [0.25, 0.3) is 0 Å². The van der Waals surface area contributed by atoms with Gasteiger partial charge in [0.1, 0.15) is 12.3 Å². The Morgan fingerprint density at radius 1 is 1.00 bits per heavy atom. The summed E-state index contributed by atoms with van der Waals surface area (Å²) >= 11 is 0. The van der Waals surface area contributed by atoms with Crippen molar-refractivity contribution in [2.75, 3.05) is 22.4 Å². The molecule has 166 valence electrons. The van der Waals surface area contributed by atoms with E-state index in [1.807, 2.05) is 38.1 Å². The standard InChI is InChI=1S/C25H26N2O4S/c1-3-31-22-15-13-21(14-16-22)26(32(29,30)23-10-5-4-6-11-23)18-25(28)27-19(2)17-20-9-7-8-12-24(20)27/h4-16,19H,3,17-18H2,1-2H3/t19-/m0/s1. The largest absolute Gasteiger partial charge is 0.494 e. The van der Waals surface area contributed by atoms with Crippen molar-refractivity contribution >= 4 is 27.3 Å². The monoisotopic (exact) mass is 450 g/mol. The highest BCUT2D eigenvalue weighted by Gasteiger charge is 2.34. The zero-order chi connectivity index (χ0) is 22.7. The van der Waals surface area contributed by atoms with Crippen LogP contribution in [0.1, 0.15) is 19.4 Å². The second-order valence-corrected chi connectivity index (χ2v) is 9.56. The lowest BCUT2D eigenvalue weighted by atomic mass is 10.1. The van der Waals surface area contributed by atoms with Crippen molar-refractivity contribution in [3.63, 3.8) is 0 Å². The van der Waals surface area contributed by atoms with E-state index in [0.717, 1.165) is 17.7 Å². The van der Waals surface area contributed by atoms with Gasteiger partial charge in [-0.3, -0.25) is 9.10 Å². The molecule has 1 aliphatic heterocycles. The van der Waals surface area contributed by atoms with Crippen molar-refractivity contribution < 1.29 is 17.9 Å². The smallest absolute Gasteiger partial charge is 0.264 e. The van der Waals surface area contributed by atoms with Crippen LogP contribution < -0.4 is 13.9 Å². The Kier molecular flexibility index (Phi) is 6.19. The number of sulfonamides is 1. The Hall–Kier alpha value is -3.32. The molecule has 1 heterocycles. The number of carbonyl (C=O) groups is 1. The molecule has 1 atom stereocenters. The molecular formula is C25H26N2O4S. The van der Waals surface area contributed by atoms with E-state index in [1.54, 1.807) is 47.4 Å². The van der Waals surface area contributed by atoms with E-state index in [-0.39, 0.29) is 23.4 Å². The molecule has 0 spiro atoms. The van der Waals surface area contributed by atoms with Gasteiger partial charge in [0.25, 0.3) is 10.0 Å². The number of rotatable bonds is 7. The number of amides is 1. The SMILES string of the molecule is CCOc1ccc(N(CC(=O)N2c3ccccc3C[C@@H]2C)S(=O)(=O)c2ccccc2)cc1. The summed E-state index contributed by atoms with van der Waals surface area (Å²) in [5.74, 6) is 0.373. The van der Waals surface area contributed by atoms with Gasteiger partial charge in [-0.1, -0.05) is 36.4 Å². The maximum absolute atomic E-state index is 13.5. The molecule has 1 aliphatic rings. The Balaban J connectivity index is 1.70. The number of carbonyl (C=O) groups excluding carboxylic acids is 1. The zero-order valence-electron chi connectivity index (χ0n) is 18.1. The van der Waals surface area contributed by atoms with Gasteiger partial charge in [0, 0.05) is 11.7 Å². The lowest BCUT2D eigenvalue weighted by Gasteiger charge is -2.29. The fourth-order valence-corrected chi connectivity index (χ4v) is 5.49. The number of fused-ring (bicyclic) bond motifs is 1. The van der Waals surface area contributed by atoms with Gasteiger partial charge in [0.05, 0.1) is 17.2 Å². The lowest BCUT2D eigenvalue weighted by Crippen LogP contribution is -2.45. The fraction of sp³-hybridized carbons (Fsp3) is 0.240. The van der Waals surface area contributed by atoms with Gasteiger partial charge in [-0.15, -0.1) is 0 Å². The highest BCUT2D eigenvalue weighted by atomic mass is 32.2. The van der Waals surface area contributed by atoms with Gasteiger partial charge in [-0.05, 0) is 68.3 Å². The number of para-hydroxylation sites is 1. The van der Waals surface area contributed by atoms with Crippen molar-refractivity contribution in [1.82, 2.24) is 0 Å². The minimum Gasteiger partial charge on any atom is -0.494 e. The molecule has 4 rings (SSSR count). The van der Waals surface area contributed by atoms with E-state index in [1.165, 1.54) is 16.4 Å². The van der Waals surface area contributed by atoms with Crippen LogP contribution in [0.3, 0.4) is 0 Å². The van der Waals surface area contributed by atoms with Crippen LogP contribution in [0.2, 0.25) is 0 Å². The second kappa shape index (κ2) is 9.04. The van der Waals surface area contributed by atoms with Crippen molar-refractivity contribution in [2.24, 2.45) is 0 Å². The van der Waals surface area contributed by atoms with Gasteiger partial charge in [-0.2, -0.15) is 0 Å². The first kappa shape index (κ1) is 21.9. The lowest BCUT2D eigenvalue weighted by molar-refractivity contribution is -0.117. The highest BCUT2D eigenvalue weighted by molar-refractivity contribution is 7.92. The number of hydrogen-bond donors (Lipinski definition) is 0. The van der Waals surface area contributed by atoms with Crippen LogP contribution in [0.15, 0.2) is 83.8 Å². The summed E-state index contributed by atoms with van der Waals surface area (Å²) < 4.78 is 33.7. The number of anilines is 2. The normalized spacial score (nSPS) is 15.3. The summed E-state index contributed by atoms with van der Waals surface area (Å²) in [5, 5.41) is 0. The first-order chi connectivity index (χ1) is 15.4. The molecule has 0 unspecified atom stereocenters. The molecule has 0 saturated carbocycles. The minimum absolute atomic E-state index is 0.0403. The molecule has 0 saturated heterocycles. The molecule has 0 aromatic heterocycles. The maximum atomic E-state index is 13.5. The molecule has 7 heteroatoms. The predicted octanol–water partition coefficient (Wildman–Crippen LogP) is 4.26. The molecule has 0 N–H and O–H groups in total. The molecule has 0 bridgehead atoms. The van der Waals surface area contributed by atoms with E-state index in [9.17, 15) is 13.2 Å². The van der Waals surface area contributed by atoms with Gasteiger partial charge in [0.15, 0.2) is 0 Å². The van der Waals surface area contributed by atoms with Crippen molar-refractivity contribution in [2.45, 2.75) is 31.2 Å². The minimum atomic E-state index is -3.95. The van der Waals surface area contributed by atoms with Gasteiger partial charge in [0.2, 0.25) is 5.91 Å². The van der Waals surface area contributed by atoms with E-state index in [4.69, 9.17) is 4.74 Å². The Morgan fingerprint density at radius 2 is 1.66 bits per heavy atom. The third-order valence-corrected chi connectivity index (χ3v) is 7.31. The Labute approximate surface area is 189 Å². The van der Waals surface area contributed by atoms with E-state index < -0.39 is 10.0 Å². The summed E-state index contributed by atoms with van der Waals surface area (Å²) in [5.41, 5.74) is 2.34. The summed E-state index contributed by atoms with van der Waals surface area (Å²) in [6.07, 6.45) is 0.746. The molecule has 6 nitrogen and oxygen atoms in total. The van der Waals surface area contributed by atoms with Gasteiger partial charge in [-0.25, -0.2) is 8.42 Å². The third kappa shape index (κ3) is 4.21. The van der Waals surface area contributed by atoms with Crippen LogP contribution >= 0.6 is 0 Å². The molecular weight excluding hydrogens is 424 g/mol. The number of benzene rings is 3. The van der Waals surface area contributed by atoms with Crippen LogP contribution in [0.5, 0.6) is 5.75 Å². The highest BCUT2D eigenvalue weighted by Crippen LogP contribution is 2.33. The summed E-state index contributed by atoms with van der Waals surface area (Å²) in [6, 6.07) is 22.6. The van der Waals surface area contributed by atoms with Gasteiger partial charge >= 0.3 is 0 Å². The number of nitrogens with zero attached hydrogens (tertiary/aromatic N) is 2. The molecule has 0 radical (unpaired) electrons. The molecule has 3 aromatic carbocycles. The van der Waals surface area contributed by atoms with Crippen LogP contribution in [0.4, 0.5) is 11.4 Å². The van der Waals surface area contributed by atoms with Crippen molar-refractivity contribution in [3.8, 4) is 5.75 Å². The van der Waals surface area contributed by atoms with Crippen molar-refractivity contribution in [3.05, 3.63) is 84.4 Å². The average molecular weight is 451 g/mol. The maximum Gasteiger partial charge on any atom is 0.264 e. The number of ether oxygens (including phenoxy) is 1. The van der Waals surface area contributed by atoms with Crippen LogP contribution in [-0.4, -0.2) is 33.5 Å². The zero-order valence-corrected chi connectivity index (χ0v) is 19.0. The van der Waals surface area contributed by atoms with Crippen LogP contribution in [0, 0.1) is 0 Å². The van der Waals surface area contributed by atoms with Crippen LogP contribution in [-0.2, 0) is 21.2 Å². The molecule has 0 fully saturated rings. The topological polar surface area (TPSA) is 66.9 Å². The molecule has 3 aromatic rings. The average Bonchev–Trinajstić information content (AvgIpc) is 3.14. The van der Waals surface area contributed by atoms with Crippen molar-refractivity contribution in [1.29, 1.82) is 0 Å². The Morgan fingerprint density at radius 3 is 2.34 bits per heavy atom. The summed E-state index contributed by atoms with van der Waals surface area (Å²) in [6.45, 7) is 4.07. The predicted molar refractivity (Wildman–Crippen MR) is 126 cm³/mol. The summed E-state index contributed by atoms with van der Waals surface area (Å²) in [7, 11) is -3.95. The quantitative estimate of drug-likeness (QED) is 0.540. The molecule has 0 aliphatic carbocycles. The number of hydrogen-bond acceptors (Lipinski definition) is 4. The first-order valence-corrected chi connectivity index (χ1v) is 12.1. The van der Waals surface area contributed by atoms with E-state index in [2.05, 4.69) is 0 Å². The third-order valence-electron chi connectivity index (χ3n) is 5.52. The Bertz CT molecular complexity index is 1190. The molecule has 32 heavy (non-hydrogen) atoms. The first-order valence-electron chi connectivity index (χ1n) is 10.6. The second-order valence-electron chi connectivity index (χ2n) is 7.70. The van der Waals surface area contributed by atoms with E-state index in [0.29, 0.717) is 18.0 Å². The van der Waals surface area contributed by atoms with Gasteiger partial charge < -0.3 is 9.64 Å². The van der Waals surface area contributed by atoms with E-state index >= 15 is 0 Å².